The SMILES string of the molecule is O=c1ccc2cc3c(cc(-c4nc(-c5cc6[nH]c7cc(=O)ccc-7cc6c6ccccc56)nc(-c5cc6[nH]c7cc(=O)ccc-7cc6c6ccccc56)n4)c4ccccc43)[nH]c-2c1. The third-order valence-electron chi connectivity index (χ3n) is 12.4. The van der Waals surface area contributed by atoms with E-state index in [1.165, 1.54) is 0 Å². The maximum atomic E-state index is 12.5. The monoisotopic (exact) mass is 810 g/mol. The van der Waals surface area contributed by atoms with E-state index in [1.54, 1.807) is 36.4 Å². The van der Waals surface area contributed by atoms with Gasteiger partial charge in [0.25, 0.3) is 0 Å². The smallest absolute Gasteiger partial charge is 0.180 e. The van der Waals surface area contributed by atoms with Gasteiger partial charge in [-0.2, -0.15) is 0 Å². The Kier molecular flexibility index (Phi) is 7.27. The number of benzene rings is 9. The first-order valence-corrected chi connectivity index (χ1v) is 20.6. The molecule has 3 N–H and O–H groups in total. The lowest BCUT2D eigenvalue weighted by Gasteiger charge is -2.17. The molecule has 294 valence electrons. The number of hydrogen-bond acceptors (Lipinski definition) is 6. The molecule has 0 saturated heterocycles. The number of hydrogen-bond donors (Lipinski definition) is 3. The number of aromatic nitrogens is 6. The summed E-state index contributed by atoms with van der Waals surface area (Å²) in [7, 11) is 0. The van der Waals surface area contributed by atoms with Crippen LogP contribution in [0.4, 0.5) is 0 Å². The second-order valence-corrected chi connectivity index (χ2v) is 16.2. The Morgan fingerprint density at radius 1 is 0.286 bits per heavy atom. The Morgan fingerprint density at radius 3 is 0.873 bits per heavy atom. The van der Waals surface area contributed by atoms with Crippen molar-refractivity contribution in [2.75, 3.05) is 0 Å². The first-order valence-electron chi connectivity index (χ1n) is 20.6. The van der Waals surface area contributed by atoms with Gasteiger partial charge in [-0.3, -0.25) is 14.4 Å². The summed E-state index contributed by atoms with van der Waals surface area (Å²) in [4.78, 5) is 64.2. The Hall–Kier alpha value is -8.82. The first-order chi connectivity index (χ1) is 30.9. The summed E-state index contributed by atoms with van der Waals surface area (Å²) in [5.41, 5.74) is 9.63. The molecule has 0 amide bonds. The van der Waals surface area contributed by atoms with E-state index in [4.69, 9.17) is 15.0 Å². The largest absolute Gasteiger partial charge is 0.354 e. The molecule has 0 atom stereocenters. The zero-order valence-electron chi connectivity index (χ0n) is 33.2. The van der Waals surface area contributed by atoms with Gasteiger partial charge in [0.1, 0.15) is 0 Å². The lowest BCUT2D eigenvalue weighted by molar-refractivity contribution is 1.08. The summed E-state index contributed by atoms with van der Waals surface area (Å²) in [5.74, 6) is 1.39. The van der Waals surface area contributed by atoms with Gasteiger partial charge in [-0.05, 0) is 122 Å². The van der Waals surface area contributed by atoms with Crippen molar-refractivity contribution in [2.45, 2.75) is 0 Å². The minimum atomic E-state index is -0.0755. The van der Waals surface area contributed by atoms with Crippen LogP contribution in [0.1, 0.15) is 0 Å². The molecule has 1 aromatic heterocycles. The van der Waals surface area contributed by atoms with Crippen molar-refractivity contribution in [2.24, 2.45) is 0 Å². The Bertz CT molecular complexity index is 3750. The molecular weight excluding hydrogens is 781 g/mol. The number of H-pyrrole nitrogens is 3. The fraction of sp³-hybridized carbons (Fsp3) is 0. The van der Waals surface area contributed by atoms with Gasteiger partial charge in [0.2, 0.25) is 0 Å². The molecule has 0 unspecified atom stereocenters. The van der Waals surface area contributed by atoms with Crippen molar-refractivity contribution < 1.29 is 0 Å². The van der Waals surface area contributed by atoms with Crippen LogP contribution in [0.3, 0.4) is 0 Å². The molecule has 6 aromatic carbocycles. The van der Waals surface area contributed by atoms with Gasteiger partial charge < -0.3 is 15.0 Å². The average Bonchev–Trinajstić information content (AvgIpc) is 3.31. The zero-order chi connectivity index (χ0) is 41.9. The average molecular weight is 811 g/mol. The van der Waals surface area contributed by atoms with Crippen molar-refractivity contribution in [1.29, 1.82) is 0 Å². The molecule has 0 fully saturated rings. The fourth-order valence-electron chi connectivity index (χ4n) is 9.47. The summed E-state index contributed by atoms with van der Waals surface area (Å²) in [5, 5.41) is 8.88. The van der Waals surface area contributed by atoms with Gasteiger partial charge in [-0.25, -0.2) is 15.0 Å². The van der Waals surface area contributed by atoms with Crippen molar-refractivity contribution in [1.82, 2.24) is 29.9 Å². The van der Waals surface area contributed by atoms with Crippen LogP contribution in [-0.2, 0) is 0 Å². The molecule has 4 heterocycles. The van der Waals surface area contributed by atoms with Gasteiger partial charge >= 0.3 is 0 Å². The lowest BCUT2D eigenvalue weighted by atomic mass is 9.95. The molecule has 63 heavy (non-hydrogen) atoms. The second-order valence-electron chi connectivity index (χ2n) is 16.2. The maximum absolute atomic E-state index is 12.5. The van der Waals surface area contributed by atoms with Gasteiger partial charge in [0, 0.05) is 84.7 Å². The summed E-state index contributed by atoms with van der Waals surface area (Å²) < 4.78 is 0. The molecule has 9 nitrogen and oxygen atoms in total. The van der Waals surface area contributed by atoms with Crippen LogP contribution in [-0.4, -0.2) is 29.9 Å². The minimum Gasteiger partial charge on any atom is -0.354 e. The van der Waals surface area contributed by atoms with E-state index in [1.807, 2.05) is 54.6 Å². The third-order valence-corrected chi connectivity index (χ3v) is 12.4. The highest BCUT2D eigenvalue weighted by Crippen LogP contribution is 2.41. The number of pyridine rings is 3. The molecular formula is C54H30N6O3. The van der Waals surface area contributed by atoms with E-state index in [0.717, 1.165) is 115 Å². The maximum Gasteiger partial charge on any atom is 0.180 e. The first kappa shape index (κ1) is 35.0. The predicted octanol–water partition coefficient (Wildman–Crippen LogP) is 11.2. The molecule has 6 aliphatic rings. The highest BCUT2D eigenvalue weighted by atomic mass is 16.1. The Morgan fingerprint density at radius 2 is 0.571 bits per heavy atom. The van der Waals surface area contributed by atoms with Gasteiger partial charge in [-0.1, -0.05) is 72.8 Å². The van der Waals surface area contributed by atoms with E-state index in [-0.39, 0.29) is 16.3 Å². The van der Waals surface area contributed by atoms with Crippen LogP contribution in [0.2, 0.25) is 0 Å². The third kappa shape index (κ3) is 5.50. The van der Waals surface area contributed by atoms with Crippen molar-refractivity contribution in [3.63, 3.8) is 0 Å². The normalized spacial score (nSPS) is 12.0. The van der Waals surface area contributed by atoms with Crippen molar-refractivity contribution in [3.8, 4) is 67.9 Å². The van der Waals surface area contributed by atoms with Gasteiger partial charge in [0.15, 0.2) is 33.8 Å². The number of nitrogens with one attached hydrogen (secondary N) is 3. The minimum absolute atomic E-state index is 0.0755. The van der Waals surface area contributed by atoms with Crippen LogP contribution in [0, 0.1) is 0 Å². The number of aromatic amines is 3. The quantitative estimate of drug-likeness (QED) is 0.120. The van der Waals surface area contributed by atoms with Crippen LogP contribution in [0.15, 0.2) is 178 Å². The summed E-state index contributed by atoms with van der Waals surface area (Å²) >= 11 is 0. The second kappa shape index (κ2) is 13.1. The number of nitrogens with zero attached hydrogens (tertiary/aromatic N) is 3. The molecule has 0 radical (unpaired) electrons. The van der Waals surface area contributed by atoms with E-state index in [0.29, 0.717) is 17.5 Å². The Labute approximate surface area is 356 Å². The molecule has 0 bridgehead atoms. The standard InChI is InChI=1S/C54H30N6O3/c61-31-16-13-28-19-40-34-7-1-4-10-37(34)43(25-49(40)55-46(28)22-31)52-58-53(44-26-50-41(35-8-2-5-11-38(35)44)20-29-14-17-32(62)23-47(29)56-50)60-54(59-52)45-27-51-42(36-9-3-6-12-39(36)45)21-30-15-18-33(63)24-48(30)57-51/h1-27,55-57H. The highest BCUT2D eigenvalue weighted by molar-refractivity contribution is 6.16. The predicted molar refractivity (Wildman–Crippen MR) is 253 cm³/mol. The van der Waals surface area contributed by atoms with Crippen molar-refractivity contribution >= 4 is 65.0 Å². The van der Waals surface area contributed by atoms with E-state index >= 15 is 0 Å². The zero-order valence-corrected chi connectivity index (χ0v) is 33.2. The molecule has 3 aliphatic heterocycles. The molecule has 0 spiro atoms. The molecule has 9 heteroatoms. The van der Waals surface area contributed by atoms with E-state index in [9.17, 15) is 14.4 Å². The summed E-state index contributed by atoms with van der Waals surface area (Å²) in [6.07, 6.45) is 0. The number of fused-ring (bicyclic) bond motifs is 12. The topological polar surface area (TPSA) is 137 Å². The fourth-order valence-corrected chi connectivity index (χ4v) is 9.47. The summed E-state index contributed by atoms with van der Waals surface area (Å²) in [6, 6.07) is 52.4. The molecule has 13 rings (SSSR count). The number of rotatable bonds is 3. The van der Waals surface area contributed by atoms with Crippen molar-refractivity contribution in [3.05, 3.63) is 194 Å². The summed E-state index contributed by atoms with van der Waals surface area (Å²) in [6.45, 7) is 0. The van der Waals surface area contributed by atoms with E-state index in [2.05, 4.69) is 87.7 Å². The van der Waals surface area contributed by atoms with E-state index < -0.39 is 0 Å². The van der Waals surface area contributed by atoms with Gasteiger partial charge in [-0.15, -0.1) is 0 Å². The lowest BCUT2D eigenvalue weighted by Crippen LogP contribution is -2.04. The van der Waals surface area contributed by atoms with Crippen LogP contribution < -0.4 is 16.3 Å². The Balaban J connectivity index is 1.15. The van der Waals surface area contributed by atoms with Crippen LogP contribution >= 0.6 is 0 Å². The molecule has 7 aromatic rings. The van der Waals surface area contributed by atoms with Gasteiger partial charge in [0.05, 0.1) is 0 Å². The molecule has 0 saturated carbocycles. The molecule has 3 aliphatic carbocycles. The van der Waals surface area contributed by atoms with Crippen LogP contribution in [0.5, 0.6) is 0 Å². The van der Waals surface area contributed by atoms with Crippen LogP contribution in [0.25, 0.3) is 133 Å². The highest BCUT2D eigenvalue weighted by Gasteiger charge is 2.22.